The normalized spacial score (nSPS) is 17.6. The van der Waals surface area contributed by atoms with Crippen molar-refractivity contribution in [3.05, 3.63) is 28.2 Å². The third-order valence-electron chi connectivity index (χ3n) is 3.02. The van der Waals surface area contributed by atoms with Crippen molar-refractivity contribution in [3.8, 4) is 0 Å². The molecular formula is C13H18BrNO. The predicted molar refractivity (Wildman–Crippen MR) is 70.2 cm³/mol. The molecule has 0 aliphatic heterocycles. The minimum Gasteiger partial charge on any atom is -0.399 e. The fourth-order valence-corrected chi connectivity index (χ4v) is 2.76. The first-order chi connectivity index (χ1) is 7.74. The van der Waals surface area contributed by atoms with Gasteiger partial charge in [0.25, 0.3) is 0 Å². The zero-order valence-corrected chi connectivity index (χ0v) is 11.0. The molecule has 1 saturated carbocycles. The number of nitrogens with two attached hydrogens (primary N) is 1. The van der Waals surface area contributed by atoms with Gasteiger partial charge in [0.2, 0.25) is 0 Å². The molecule has 0 amide bonds. The summed E-state index contributed by atoms with van der Waals surface area (Å²) in [5, 5.41) is 0. The number of nitrogen functional groups attached to an aromatic ring is 1. The van der Waals surface area contributed by atoms with Gasteiger partial charge < -0.3 is 10.5 Å². The van der Waals surface area contributed by atoms with Gasteiger partial charge in [-0.05, 0) is 36.6 Å². The maximum atomic E-state index is 5.90. The van der Waals surface area contributed by atoms with Crippen LogP contribution in [-0.4, -0.2) is 6.10 Å². The minimum atomic E-state index is 0.453. The molecule has 2 rings (SSSR count). The van der Waals surface area contributed by atoms with Crippen LogP contribution < -0.4 is 5.73 Å². The van der Waals surface area contributed by atoms with Gasteiger partial charge in [-0.15, -0.1) is 0 Å². The zero-order valence-electron chi connectivity index (χ0n) is 9.42. The first-order valence-corrected chi connectivity index (χ1v) is 6.70. The molecular weight excluding hydrogens is 266 g/mol. The van der Waals surface area contributed by atoms with E-state index in [-0.39, 0.29) is 0 Å². The van der Waals surface area contributed by atoms with Crippen LogP contribution in [0.25, 0.3) is 0 Å². The van der Waals surface area contributed by atoms with Crippen LogP contribution in [0.1, 0.15) is 37.7 Å². The number of halogens is 1. The molecule has 0 aromatic heterocycles. The predicted octanol–water partition coefficient (Wildman–Crippen LogP) is 3.88. The van der Waals surface area contributed by atoms with Crippen molar-refractivity contribution in [1.82, 2.24) is 0 Å². The Morgan fingerprint density at radius 3 is 2.62 bits per heavy atom. The van der Waals surface area contributed by atoms with Gasteiger partial charge in [-0.1, -0.05) is 35.2 Å². The van der Waals surface area contributed by atoms with E-state index in [0.717, 1.165) is 15.7 Å². The maximum Gasteiger partial charge on any atom is 0.0721 e. The second-order valence-electron chi connectivity index (χ2n) is 4.46. The third kappa shape index (κ3) is 3.49. The molecule has 0 radical (unpaired) electrons. The Morgan fingerprint density at radius 1 is 1.19 bits per heavy atom. The molecule has 0 saturated heterocycles. The Morgan fingerprint density at radius 2 is 1.94 bits per heavy atom. The molecule has 0 unspecified atom stereocenters. The van der Waals surface area contributed by atoms with Crippen LogP contribution in [0.15, 0.2) is 22.7 Å². The Labute approximate surface area is 105 Å². The van der Waals surface area contributed by atoms with E-state index in [4.69, 9.17) is 10.5 Å². The summed E-state index contributed by atoms with van der Waals surface area (Å²) in [7, 11) is 0. The van der Waals surface area contributed by atoms with Gasteiger partial charge in [0, 0.05) is 10.2 Å². The lowest BCUT2D eigenvalue weighted by Crippen LogP contribution is -2.16. The van der Waals surface area contributed by atoms with Gasteiger partial charge >= 0.3 is 0 Å². The average molecular weight is 284 g/mol. The van der Waals surface area contributed by atoms with E-state index in [0.29, 0.717) is 12.7 Å². The summed E-state index contributed by atoms with van der Waals surface area (Å²) in [4.78, 5) is 0. The number of rotatable bonds is 3. The van der Waals surface area contributed by atoms with Gasteiger partial charge in [-0.2, -0.15) is 0 Å². The van der Waals surface area contributed by atoms with Crippen molar-refractivity contribution in [2.24, 2.45) is 0 Å². The van der Waals surface area contributed by atoms with Crippen molar-refractivity contribution in [3.63, 3.8) is 0 Å². The summed E-state index contributed by atoms with van der Waals surface area (Å²) in [5.74, 6) is 0. The van der Waals surface area contributed by atoms with Crippen molar-refractivity contribution >= 4 is 21.6 Å². The van der Waals surface area contributed by atoms with E-state index < -0.39 is 0 Å². The largest absolute Gasteiger partial charge is 0.399 e. The third-order valence-corrected chi connectivity index (χ3v) is 3.48. The highest BCUT2D eigenvalue weighted by Gasteiger charge is 2.13. The molecule has 1 aromatic rings. The molecule has 16 heavy (non-hydrogen) atoms. The maximum absolute atomic E-state index is 5.90. The number of hydrogen-bond acceptors (Lipinski definition) is 2. The van der Waals surface area contributed by atoms with E-state index in [1.807, 2.05) is 12.1 Å². The van der Waals surface area contributed by atoms with Gasteiger partial charge in [0.1, 0.15) is 0 Å². The Balaban J connectivity index is 1.88. The Hall–Kier alpha value is -0.540. The monoisotopic (exact) mass is 283 g/mol. The summed E-state index contributed by atoms with van der Waals surface area (Å²) in [6, 6.07) is 5.96. The van der Waals surface area contributed by atoms with Crippen LogP contribution >= 0.6 is 15.9 Å². The zero-order chi connectivity index (χ0) is 11.4. The lowest BCUT2D eigenvalue weighted by molar-refractivity contribution is 0.0169. The van der Waals surface area contributed by atoms with Crippen molar-refractivity contribution in [2.45, 2.75) is 44.8 Å². The molecule has 1 aromatic carbocycles. The van der Waals surface area contributed by atoms with Crippen molar-refractivity contribution < 1.29 is 4.74 Å². The highest BCUT2D eigenvalue weighted by atomic mass is 79.9. The molecule has 0 atom stereocenters. The number of ether oxygens (including phenoxy) is 1. The standard InChI is InChI=1S/C13H18BrNO/c14-11-6-10(7-12(15)8-11)9-16-13-4-2-1-3-5-13/h6-8,13H,1-5,9,15H2. The fourth-order valence-electron chi connectivity index (χ4n) is 2.20. The van der Waals surface area contributed by atoms with Gasteiger partial charge in [-0.25, -0.2) is 0 Å². The minimum absolute atomic E-state index is 0.453. The van der Waals surface area contributed by atoms with E-state index >= 15 is 0 Å². The molecule has 1 aliphatic carbocycles. The lowest BCUT2D eigenvalue weighted by Gasteiger charge is -2.22. The molecule has 1 fully saturated rings. The van der Waals surface area contributed by atoms with E-state index in [9.17, 15) is 0 Å². The summed E-state index contributed by atoms with van der Waals surface area (Å²) in [6.07, 6.45) is 6.86. The molecule has 0 bridgehead atoms. The summed E-state index contributed by atoms with van der Waals surface area (Å²) >= 11 is 3.44. The van der Waals surface area contributed by atoms with Crippen LogP contribution in [0.3, 0.4) is 0 Å². The molecule has 1 aliphatic rings. The van der Waals surface area contributed by atoms with Crippen LogP contribution in [-0.2, 0) is 11.3 Å². The number of anilines is 1. The van der Waals surface area contributed by atoms with Crippen LogP contribution in [0.5, 0.6) is 0 Å². The lowest BCUT2D eigenvalue weighted by atomic mass is 9.98. The molecule has 0 heterocycles. The van der Waals surface area contributed by atoms with Crippen LogP contribution in [0, 0.1) is 0 Å². The molecule has 3 heteroatoms. The number of hydrogen-bond donors (Lipinski definition) is 1. The van der Waals surface area contributed by atoms with Crippen molar-refractivity contribution in [1.29, 1.82) is 0 Å². The van der Waals surface area contributed by atoms with Gasteiger partial charge in [-0.3, -0.25) is 0 Å². The van der Waals surface area contributed by atoms with Gasteiger partial charge in [0.05, 0.1) is 12.7 Å². The highest BCUT2D eigenvalue weighted by Crippen LogP contribution is 2.23. The van der Waals surface area contributed by atoms with Crippen LogP contribution in [0.2, 0.25) is 0 Å². The summed E-state index contributed by atoms with van der Waals surface area (Å²) < 4.78 is 6.93. The average Bonchev–Trinajstić information content (AvgIpc) is 2.27. The first kappa shape index (κ1) is 11.9. The second-order valence-corrected chi connectivity index (χ2v) is 5.38. The van der Waals surface area contributed by atoms with E-state index in [1.165, 1.54) is 32.1 Å². The quantitative estimate of drug-likeness (QED) is 0.855. The first-order valence-electron chi connectivity index (χ1n) is 5.90. The van der Waals surface area contributed by atoms with Gasteiger partial charge in [0.15, 0.2) is 0 Å². The molecule has 88 valence electrons. The highest BCUT2D eigenvalue weighted by molar-refractivity contribution is 9.10. The summed E-state index contributed by atoms with van der Waals surface area (Å²) in [5.41, 5.74) is 7.72. The Kier molecular flexibility index (Phi) is 4.24. The van der Waals surface area contributed by atoms with Crippen LogP contribution in [0.4, 0.5) is 5.69 Å². The molecule has 2 N–H and O–H groups in total. The summed E-state index contributed by atoms with van der Waals surface area (Å²) in [6.45, 7) is 0.675. The second kappa shape index (κ2) is 5.69. The smallest absolute Gasteiger partial charge is 0.0721 e. The topological polar surface area (TPSA) is 35.2 Å². The fraction of sp³-hybridized carbons (Fsp3) is 0.538. The molecule has 0 spiro atoms. The number of benzene rings is 1. The van der Waals surface area contributed by atoms with E-state index in [1.54, 1.807) is 0 Å². The van der Waals surface area contributed by atoms with Crippen molar-refractivity contribution in [2.75, 3.05) is 5.73 Å². The van der Waals surface area contributed by atoms with E-state index in [2.05, 4.69) is 22.0 Å². The Bertz CT molecular complexity index is 328. The SMILES string of the molecule is Nc1cc(Br)cc(COC2CCCCC2)c1. The molecule has 2 nitrogen and oxygen atoms in total.